The molecule has 1 aliphatic carbocycles. The van der Waals surface area contributed by atoms with Gasteiger partial charge in [0.25, 0.3) is 0 Å². The van der Waals surface area contributed by atoms with E-state index in [2.05, 4.69) is 5.32 Å². The highest BCUT2D eigenvalue weighted by Gasteiger charge is 2.22. The first-order valence-electron chi connectivity index (χ1n) is 7.48. The van der Waals surface area contributed by atoms with E-state index in [1.165, 1.54) is 12.8 Å². The van der Waals surface area contributed by atoms with Crippen LogP contribution in [0.2, 0.25) is 0 Å². The van der Waals surface area contributed by atoms with Crippen LogP contribution in [0.4, 0.5) is 0 Å². The molecule has 0 aromatic rings. The Morgan fingerprint density at radius 3 is 2.32 bits per heavy atom. The highest BCUT2D eigenvalue weighted by Crippen LogP contribution is 2.17. The number of hydrogen-bond acceptors (Lipinski definition) is 3. The molecule has 0 unspecified atom stereocenters. The number of carbonyl (C=O) groups is 2. The second kappa shape index (κ2) is 6.89. The first-order valence-corrected chi connectivity index (χ1v) is 7.48. The summed E-state index contributed by atoms with van der Waals surface area (Å²) in [6, 6.07) is 0.574. The zero-order valence-corrected chi connectivity index (χ0v) is 11.6. The molecular weight excluding hydrogens is 242 g/mol. The smallest absolute Gasteiger partial charge is 0.223 e. The molecule has 0 aromatic heterocycles. The van der Waals surface area contributed by atoms with Crippen LogP contribution in [-0.2, 0) is 9.59 Å². The predicted octanol–water partition coefficient (Wildman–Crippen LogP) is 0.775. The second-order valence-electron chi connectivity index (χ2n) is 5.77. The Morgan fingerprint density at radius 1 is 1.05 bits per heavy atom. The quantitative estimate of drug-likeness (QED) is 0.790. The van der Waals surface area contributed by atoms with Crippen molar-refractivity contribution in [2.45, 2.75) is 63.5 Å². The lowest BCUT2D eigenvalue weighted by Crippen LogP contribution is -2.43. The lowest BCUT2D eigenvalue weighted by Gasteiger charge is -2.30. The SMILES string of the molecule is NC1CCN(C(=O)CCC(=O)NC2CCCC2)CC1. The average molecular weight is 267 g/mol. The monoisotopic (exact) mass is 267 g/mol. The van der Waals surface area contributed by atoms with Crippen LogP contribution in [0.15, 0.2) is 0 Å². The van der Waals surface area contributed by atoms with Gasteiger partial charge in [0, 0.05) is 38.0 Å². The fourth-order valence-electron chi connectivity index (χ4n) is 2.90. The summed E-state index contributed by atoms with van der Waals surface area (Å²) < 4.78 is 0. The summed E-state index contributed by atoms with van der Waals surface area (Å²) in [6.45, 7) is 1.48. The molecule has 0 spiro atoms. The van der Waals surface area contributed by atoms with E-state index in [9.17, 15) is 9.59 Å². The van der Waals surface area contributed by atoms with Crippen LogP contribution < -0.4 is 11.1 Å². The Balaban J connectivity index is 1.63. The van der Waals surface area contributed by atoms with Crippen molar-refractivity contribution >= 4 is 11.8 Å². The maximum absolute atomic E-state index is 12.0. The zero-order chi connectivity index (χ0) is 13.7. The van der Waals surface area contributed by atoms with E-state index in [4.69, 9.17) is 5.73 Å². The molecule has 3 N–H and O–H groups in total. The van der Waals surface area contributed by atoms with Gasteiger partial charge in [-0.1, -0.05) is 12.8 Å². The minimum Gasteiger partial charge on any atom is -0.353 e. The van der Waals surface area contributed by atoms with Gasteiger partial charge in [-0.2, -0.15) is 0 Å². The van der Waals surface area contributed by atoms with Crippen molar-refractivity contribution in [1.29, 1.82) is 0 Å². The second-order valence-corrected chi connectivity index (χ2v) is 5.77. The standard InChI is InChI=1S/C14H25N3O2/c15-11-7-9-17(10-8-11)14(19)6-5-13(18)16-12-3-1-2-4-12/h11-12H,1-10,15H2,(H,16,18). The first-order chi connectivity index (χ1) is 9.15. The highest BCUT2D eigenvalue weighted by atomic mass is 16.2. The van der Waals surface area contributed by atoms with Gasteiger partial charge in [-0.15, -0.1) is 0 Å². The maximum Gasteiger partial charge on any atom is 0.223 e. The summed E-state index contributed by atoms with van der Waals surface area (Å²) in [6.07, 6.45) is 6.98. The molecule has 2 amide bonds. The van der Waals surface area contributed by atoms with E-state index in [1.807, 2.05) is 4.90 Å². The molecule has 19 heavy (non-hydrogen) atoms. The van der Waals surface area contributed by atoms with Crippen molar-refractivity contribution in [2.24, 2.45) is 5.73 Å². The van der Waals surface area contributed by atoms with E-state index in [0.29, 0.717) is 18.9 Å². The largest absolute Gasteiger partial charge is 0.353 e. The summed E-state index contributed by atoms with van der Waals surface area (Å²) in [5.74, 6) is 0.113. The van der Waals surface area contributed by atoms with Gasteiger partial charge in [0.15, 0.2) is 0 Å². The molecule has 5 heteroatoms. The average Bonchev–Trinajstić information content (AvgIpc) is 2.89. The maximum atomic E-state index is 12.0. The van der Waals surface area contributed by atoms with Crippen molar-refractivity contribution in [2.75, 3.05) is 13.1 Å². The summed E-state index contributed by atoms with van der Waals surface area (Å²) in [4.78, 5) is 25.5. The number of rotatable bonds is 4. The Bertz CT molecular complexity index is 319. The highest BCUT2D eigenvalue weighted by molar-refractivity contribution is 5.84. The van der Waals surface area contributed by atoms with Gasteiger partial charge in [0.1, 0.15) is 0 Å². The lowest BCUT2D eigenvalue weighted by atomic mass is 10.1. The number of nitrogens with one attached hydrogen (secondary N) is 1. The molecule has 0 aromatic carbocycles. The van der Waals surface area contributed by atoms with Crippen molar-refractivity contribution in [3.8, 4) is 0 Å². The Morgan fingerprint density at radius 2 is 1.68 bits per heavy atom. The van der Waals surface area contributed by atoms with Gasteiger partial charge in [-0.05, 0) is 25.7 Å². The number of piperidine rings is 1. The molecular formula is C14H25N3O2. The molecule has 1 aliphatic heterocycles. The number of amides is 2. The molecule has 1 saturated heterocycles. The van der Waals surface area contributed by atoms with Gasteiger partial charge in [0.05, 0.1) is 0 Å². The normalized spacial score (nSPS) is 21.6. The number of likely N-dealkylation sites (tertiary alicyclic amines) is 1. The fraction of sp³-hybridized carbons (Fsp3) is 0.857. The zero-order valence-electron chi connectivity index (χ0n) is 11.6. The topological polar surface area (TPSA) is 75.4 Å². The van der Waals surface area contributed by atoms with Crippen LogP contribution >= 0.6 is 0 Å². The molecule has 2 rings (SSSR count). The summed E-state index contributed by atoms with van der Waals surface area (Å²) in [5.41, 5.74) is 5.81. The van der Waals surface area contributed by atoms with E-state index in [-0.39, 0.29) is 17.9 Å². The van der Waals surface area contributed by atoms with Gasteiger partial charge in [-0.25, -0.2) is 0 Å². The molecule has 108 valence electrons. The van der Waals surface area contributed by atoms with Gasteiger partial charge in [0.2, 0.25) is 11.8 Å². The van der Waals surface area contributed by atoms with Crippen molar-refractivity contribution in [3.05, 3.63) is 0 Å². The fourth-order valence-corrected chi connectivity index (χ4v) is 2.90. The molecule has 2 aliphatic rings. The van der Waals surface area contributed by atoms with Crippen molar-refractivity contribution in [3.63, 3.8) is 0 Å². The number of hydrogen-bond donors (Lipinski definition) is 2. The third-order valence-electron chi connectivity index (χ3n) is 4.18. The number of carbonyl (C=O) groups excluding carboxylic acids is 2. The molecule has 1 heterocycles. The van der Waals surface area contributed by atoms with Crippen LogP contribution in [0.25, 0.3) is 0 Å². The van der Waals surface area contributed by atoms with Crippen LogP contribution in [0.1, 0.15) is 51.4 Å². The molecule has 0 bridgehead atoms. The van der Waals surface area contributed by atoms with Crippen LogP contribution in [0, 0.1) is 0 Å². The minimum absolute atomic E-state index is 0.0222. The lowest BCUT2D eigenvalue weighted by molar-refractivity contribution is -0.134. The Hall–Kier alpha value is -1.10. The van der Waals surface area contributed by atoms with E-state index in [1.54, 1.807) is 0 Å². The molecule has 0 atom stereocenters. The van der Waals surface area contributed by atoms with Crippen LogP contribution in [-0.4, -0.2) is 41.9 Å². The summed E-state index contributed by atoms with van der Waals surface area (Å²) in [7, 11) is 0. The Kier molecular flexibility index (Phi) is 5.19. The molecule has 0 radical (unpaired) electrons. The van der Waals surface area contributed by atoms with Crippen molar-refractivity contribution in [1.82, 2.24) is 10.2 Å². The molecule has 1 saturated carbocycles. The third kappa shape index (κ3) is 4.49. The molecule has 2 fully saturated rings. The summed E-state index contributed by atoms with van der Waals surface area (Å²) >= 11 is 0. The number of nitrogens with two attached hydrogens (primary N) is 1. The summed E-state index contributed by atoms with van der Waals surface area (Å²) in [5, 5.41) is 3.01. The van der Waals surface area contributed by atoms with Gasteiger partial charge in [-0.3, -0.25) is 9.59 Å². The third-order valence-corrected chi connectivity index (χ3v) is 4.18. The Labute approximate surface area is 114 Å². The van der Waals surface area contributed by atoms with E-state index in [0.717, 1.165) is 38.8 Å². The first kappa shape index (κ1) is 14.3. The van der Waals surface area contributed by atoms with Gasteiger partial charge >= 0.3 is 0 Å². The van der Waals surface area contributed by atoms with Crippen molar-refractivity contribution < 1.29 is 9.59 Å². The predicted molar refractivity (Wildman–Crippen MR) is 73.4 cm³/mol. The minimum atomic E-state index is 0.0222. The van der Waals surface area contributed by atoms with E-state index >= 15 is 0 Å². The van der Waals surface area contributed by atoms with Gasteiger partial charge < -0.3 is 16.0 Å². The van der Waals surface area contributed by atoms with Crippen LogP contribution in [0.5, 0.6) is 0 Å². The van der Waals surface area contributed by atoms with Crippen LogP contribution in [0.3, 0.4) is 0 Å². The number of nitrogens with zero attached hydrogens (tertiary/aromatic N) is 1. The molecule has 5 nitrogen and oxygen atoms in total. The van der Waals surface area contributed by atoms with E-state index < -0.39 is 0 Å².